The largest absolute Gasteiger partial charge is 0.396 e. The molecule has 2 rings (SSSR count). The fourth-order valence-electron chi connectivity index (χ4n) is 3.00. The fraction of sp³-hybridized carbons (Fsp3) is 0.923. The van der Waals surface area contributed by atoms with Crippen LogP contribution < -0.4 is 5.32 Å². The number of amides is 1. The number of carbonyl (C=O) groups is 1. The van der Waals surface area contributed by atoms with E-state index in [9.17, 15) is 4.79 Å². The van der Waals surface area contributed by atoms with Gasteiger partial charge in [-0.15, -0.1) is 0 Å². The lowest BCUT2D eigenvalue weighted by Gasteiger charge is -2.27. The van der Waals surface area contributed by atoms with E-state index in [-0.39, 0.29) is 18.4 Å². The van der Waals surface area contributed by atoms with Crippen molar-refractivity contribution in [3.63, 3.8) is 0 Å². The molecule has 2 N–H and O–H groups in total. The molecule has 0 atom stereocenters. The minimum Gasteiger partial charge on any atom is -0.396 e. The number of rotatable bonds is 3. The van der Waals surface area contributed by atoms with Gasteiger partial charge in [0.1, 0.15) is 0 Å². The van der Waals surface area contributed by atoms with Crippen LogP contribution in [0.25, 0.3) is 0 Å². The van der Waals surface area contributed by atoms with Crippen molar-refractivity contribution in [2.24, 2.45) is 11.8 Å². The third kappa shape index (κ3) is 2.97. The van der Waals surface area contributed by atoms with Crippen molar-refractivity contribution in [3.05, 3.63) is 0 Å². The van der Waals surface area contributed by atoms with Gasteiger partial charge in [0.05, 0.1) is 0 Å². The van der Waals surface area contributed by atoms with Gasteiger partial charge < -0.3 is 10.4 Å². The van der Waals surface area contributed by atoms with Crippen molar-refractivity contribution in [2.75, 3.05) is 6.61 Å². The van der Waals surface area contributed by atoms with Crippen LogP contribution in [0, 0.1) is 11.8 Å². The van der Waals surface area contributed by atoms with Gasteiger partial charge in [-0.25, -0.2) is 0 Å². The summed E-state index contributed by atoms with van der Waals surface area (Å²) in [7, 11) is 0. The van der Waals surface area contributed by atoms with E-state index >= 15 is 0 Å². The molecular weight excluding hydrogens is 202 g/mol. The van der Waals surface area contributed by atoms with Gasteiger partial charge >= 0.3 is 0 Å². The number of nitrogens with one attached hydrogen (secondary N) is 1. The highest BCUT2D eigenvalue weighted by Crippen LogP contribution is 2.29. The number of aliphatic hydroxyl groups excluding tert-OH is 1. The zero-order chi connectivity index (χ0) is 11.4. The van der Waals surface area contributed by atoms with Crippen molar-refractivity contribution < 1.29 is 9.90 Å². The highest BCUT2D eigenvalue weighted by molar-refractivity contribution is 5.79. The van der Waals surface area contributed by atoms with Gasteiger partial charge in [0.15, 0.2) is 0 Å². The van der Waals surface area contributed by atoms with E-state index in [0.29, 0.717) is 12.0 Å². The van der Waals surface area contributed by atoms with Crippen molar-refractivity contribution in [3.8, 4) is 0 Å². The quantitative estimate of drug-likeness (QED) is 0.770. The Labute approximate surface area is 97.6 Å². The average Bonchev–Trinajstić information content (AvgIpc) is 2.82. The molecule has 2 fully saturated rings. The fourth-order valence-corrected chi connectivity index (χ4v) is 3.00. The molecule has 3 heteroatoms. The second-order valence-electron chi connectivity index (χ2n) is 5.39. The molecule has 2 aliphatic carbocycles. The van der Waals surface area contributed by atoms with E-state index in [2.05, 4.69) is 5.32 Å². The average molecular weight is 225 g/mol. The number of hydrogen-bond donors (Lipinski definition) is 2. The molecule has 0 unspecified atom stereocenters. The molecule has 0 saturated heterocycles. The Morgan fingerprint density at radius 3 is 2.25 bits per heavy atom. The summed E-state index contributed by atoms with van der Waals surface area (Å²) in [6.45, 7) is 0.289. The van der Waals surface area contributed by atoms with E-state index in [4.69, 9.17) is 5.11 Å². The summed E-state index contributed by atoms with van der Waals surface area (Å²) in [5.41, 5.74) is 0. The molecule has 0 heterocycles. The molecule has 0 aromatic heterocycles. The minimum atomic E-state index is 0.211. The summed E-state index contributed by atoms with van der Waals surface area (Å²) in [5, 5.41) is 12.2. The van der Waals surface area contributed by atoms with Crippen LogP contribution in [-0.4, -0.2) is 23.7 Å². The van der Waals surface area contributed by atoms with Crippen molar-refractivity contribution in [2.45, 2.75) is 57.4 Å². The van der Waals surface area contributed by atoms with Crippen molar-refractivity contribution in [1.29, 1.82) is 0 Å². The molecule has 2 saturated carbocycles. The van der Waals surface area contributed by atoms with Crippen LogP contribution in [0.2, 0.25) is 0 Å². The van der Waals surface area contributed by atoms with Crippen molar-refractivity contribution >= 4 is 5.91 Å². The highest BCUT2D eigenvalue weighted by atomic mass is 16.3. The Morgan fingerprint density at radius 1 is 1.06 bits per heavy atom. The van der Waals surface area contributed by atoms with Crippen LogP contribution in [0.15, 0.2) is 0 Å². The second-order valence-corrected chi connectivity index (χ2v) is 5.39. The number of aliphatic hydroxyl groups is 1. The van der Waals surface area contributed by atoms with Gasteiger partial charge in [-0.2, -0.15) is 0 Å². The zero-order valence-electron chi connectivity index (χ0n) is 9.95. The molecule has 1 amide bonds. The monoisotopic (exact) mass is 225 g/mol. The van der Waals surface area contributed by atoms with Gasteiger partial charge in [-0.3, -0.25) is 4.79 Å². The molecule has 92 valence electrons. The Balaban J connectivity index is 1.73. The van der Waals surface area contributed by atoms with Gasteiger partial charge in [0, 0.05) is 18.6 Å². The summed E-state index contributed by atoms with van der Waals surface area (Å²) in [5.74, 6) is 0.919. The smallest absolute Gasteiger partial charge is 0.223 e. The Hall–Kier alpha value is -0.570. The van der Waals surface area contributed by atoms with Crippen LogP contribution >= 0.6 is 0 Å². The van der Waals surface area contributed by atoms with E-state index < -0.39 is 0 Å². The topological polar surface area (TPSA) is 49.3 Å². The minimum absolute atomic E-state index is 0.211. The molecule has 0 spiro atoms. The lowest BCUT2D eigenvalue weighted by Crippen LogP contribution is -2.38. The predicted molar refractivity (Wildman–Crippen MR) is 62.9 cm³/mol. The summed E-state index contributed by atoms with van der Waals surface area (Å²) in [6, 6.07) is 0.447. The molecule has 0 radical (unpaired) electrons. The maximum absolute atomic E-state index is 12.0. The first kappa shape index (κ1) is 11.9. The van der Waals surface area contributed by atoms with E-state index in [1.807, 2.05) is 0 Å². The zero-order valence-corrected chi connectivity index (χ0v) is 9.95. The summed E-state index contributed by atoms with van der Waals surface area (Å²) in [4.78, 5) is 12.0. The van der Waals surface area contributed by atoms with Gasteiger partial charge in [0.2, 0.25) is 5.91 Å². The molecule has 3 nitrogen and oxygen atoms in total. The van der Waals surface area contributed by atoms with Crippen LogP contribution in [0.4, 0.5) is 0 Å². The maximum Gasteiger partial charge on any atom is 0.223 e. The number of hydrogen-bond acceptors (Lipinski definition) is 2. The number of carbonyl (C=O) groups excluding carboxylic acids is 1. The molecule has 0 aliphatic heterocycles. The summed E-state index contributed by atoms with van der Waals surface area (Å²) < 4.78 is 0. The van der Waals surface area contributed by atoms with Gasteiger partial charge in [-0.1, -0.05) is 12.8 Å². The maximum atomic E-state index is 12.0. The first-order valence-corrected chi connectivity index (χ1v) is 6.71. The summed E-state index contributed by atoms with van der Waals surface area (Å²) in [6.07, 6.45) is 8.81. The third-order valence-corrected chi connectivity index (χ3v) is 4.18. The highest BCUT2D eigenvalue weighted by Gasteiger charge is 2.27. The van der Waals surface area contributed by atoms with Crippen LogP contribution in [0.5, 0.6) is 0 Å². The first-order valence-electron chi connectivity index (χ1n) is 6.71. The molecule has 0 aromatic rings. The molecule has 16 heavy (non-hydrogen) atoms. The van der Waals surface area contributed by atoms with E-state index in [1.54, 1.807) is 0 Å². The lowest BCUT2D eigenvalue weighted by atomic mass is 9.82. The Morgan fingerprint density at radius 2 is 1.69 bits per heavy atom. The Bertz CT molecular complexity index is 228. The second kappa shape index (κ2) is 5.67. The Kier molecular flexibility index (Phi) is 4.22. The van der Waals surface area contributed by atoms with Crippen molar-refractivity contribution in [1.82, 2.24) is 5.32 Å². The normalized spacial score (nSPS) is 31.6. The standard InChI is InChI=1S/C13H23NO2/c15-9-10-5-7-11(8-6-10)13(16)14-12-3-1-2-4-12/h10-12,15H,1-9H2,(H,14,16). The van der Waals surface area contributed by atoms with E-state index in [0.717, 1.165) is 38.5 Å². The van der Waals surface area contributed by atoms with Gasteiger partial charge in [0.25, 0.3) is 0 Å². The first-order chi connectivity index (χ1) is 7.79. The third-order valence-electron chi connectivity index (χ3n) is 4.18. The summed E-state index contributed by atoms with van der Waals surface area (Å²) >= 11 is 0. The van der Waals surface area contributed by atoms with E-state index in [1.165, 1.54) is 12.8 Å². The van der Waals surface area contributed by atoms with Crippen LogP contribution in [0.1, 0.15) is 51.4 Å². The van der Waals surface area contributed by atoms with Crippen LogP contribution in [0.3, 0.4) is 0 Å². The molecule has 0 bridgehead atoms. The molecule has 2 aliphatic rings. The predicted octanol–water partition coefficient (Wildman–Crippen LogP) is 1.84. The molecule has 0 aromatic carbocycles. The van der Waals surface area contributed by atoms with Gasteiger partial charge in [-0.05, 0) is 44.4 Å². The van der Waals surface area contributed by atoms with Crippen LogP contribution in [-0.2, 0) is 4.79 Å². The lowest BCUT2D eigenvalue weighted by molar-refractivity contribution is -0.127. The SMILES string of the molecule is O=C(NC1CCCC1)C1CCC(CO)CC1. The molecular formula is C13H23NO2.